The minimum Gasteiger partial charge on any atom is -0.459 e. The van der Waals surface area contributed by atoms with Crippen LogP contribution in [0.5, 0.6) is 0 Å². The highest BCUT2D eigenvalue weighted by atomic mass is 16.5. The Morgan fingerprint density at radius 2 is 1.67 bits per heavy atom. The van der Waals surface area contributed by atoms with E-state index in [1.54, 1.807) is 0 Å². The first-order valence-corrected chi connectivity index (χ1v) is 8.01. The van der Waals surface area contributed by atoms with Crippen molar-refractivity contribution < 1.29 is 9.53 Å². The van der Waals surface area contributed by atoms with Crippen molar-refractivity contribution in [1.82, 2.24) is 0 Å². The lowest BCUT2D eigenvalue weighted by Crippen LogP contribution is -2.30. The van der Waals surface area contributed by atoms with Crippen LogP contribution in [0.3, 0.4) is 0 Å². The zero-order valence-electron chi connectivity index (χ0n) is 13.6. The lowest BCUT2D eigenvalue weighted by Gasteiger charge is -2.32. The van der Waals surface area contributed by atoms with Gasteiger partial charge in [-0.2, -0.15) is 0 Å². The third-order valence-electron chi connectivity index (χ3n) is 4.01. The molecule has 3 heteroatoms. The van der Waals surface area contributed by atoms with Gasteiger partial charge in [0.1, 0.15) is 0 Å². The second-order valence-electron chi connectivity index (χ2n) is 6.79. The van der Waals surface area contributed by atoms with Gasteiger partial charge in [-0.1, -0.05) is 13.8 Å². The number of esters is 1. The number of anilines is 1. The third kappa shape index (κ3) is 4.76. The van der Waals surface area contributed by atoms with Crippen LogP contribution in [0.2, 0.25) is 0 Å². The molecule has 2 atom stereocenters. The molecule has 21 heavy (non-hydrogen) atoms. The van der Waals surface area contributed by atoms with E-state index >= 15 is 0 Å². The Labute approximate surface area is 128 Å². The standard InChI is InChI=1S/C18H27NO2/c1-12(2)21-18(20)15-5-7-16(8-6-15)19-17-10-13(3)9-14(4)11-17/h5-8,12-14,17,19H,9-11H2,1-4H3. The fourth-order valence-corrected chi connectivity index (χ4v) is 3.29. The zero-order valence-corrected chi connectivity index (χ0v) is 13.6. The number of carbonyl (C=O) groups is 1. The maximum absolute atomic E-state index is 11.8. The fourth-order valence-electron chi connectivity index (χ4n) is 3.29. The number of nitrogens with one attached hydrogen (secondary N) is 1. The van der Waals surface area contributed by atoms with Gasteiger partial charge in [-0.3, -0.25) is 0 Å². The first-order valence-electron chi connectivity index (χ1n) is 8.01. The van der Waals surface area contributed by atoms with Crippen molar-refractivity contribution >= 4 is 11.7 Å². The smallest absolute Gasteiger partial charge is 0.338 e. The van der Waals surface area contributed by atoms with Crippen LogP contribution in [0.25, 0.3) is 0 Å². The van der Waals surface area contributed by atoms with Gasteiger partial charge in [-0.25, -0.2) is 4.79 Å². The topological polar surface area (TPSA) is 38.3 Å². The Bertz CT molecular complexity index is 457. The van der Waals surface area contributed by atoms with Gasteiger partial charge in [0.05, 0.1) is 11.7 Å². The van der Waals surface area contributed by atoms with Gasteiger partial charge >= 0.3 is 5.97 Å². The number of carbonyl (C=O) groups excluding carboxylic acids is 1. The van der Waals surface area contributed by atoms with Gasteiger partial charge in [0.25, 0.3) is 0 Å². The highest BCUT2D eigenvalue weighted by Crippen LogP contribution is 2.30. The molecular weight excluding hydrogens is 262 g/mol. The van der Waals surface area contributed by atoms with Crippen LogP contribution in [0, 0.1) is 11.8 Å². The SMILES string of the molecule is CC1CC(C)CC(Nc2ccc(C(=O)OC(C)C)cc2)C1. The molecular formula is C18H27NO2. The van der Waals surface area contributed by atoms with Crippen LogP contribution in [0.1, 0.15) is 57.3 Å². The average molecular weight is 289 g/mol. The number of hydrogen-bond acceptors (Lipinski definition) is 3. The molecule has 0 aliphatic heterocycles. The Balaban J connectivity index is 1.94. The van der Waals surface area contributed by atoms with E-state index in [0.717, 1.165) is 17.5 Å². The third-order valence-corrected chi connectivity index (χ3v) is 4.01. The van der Waals surface area contributed by atoms with E-state index in [-0.39, 0.29) is 12.1 Å². The maximum atomic E-state index is 11.8. The lowest BCUT2D eigenvalue weighted by molar-refractivity contribution is 0.0378. The summed E-state index contributed by atoms with van der Waals surface area (Å²) in [4.78, 5) is 11.8. The van der Waals surface area contributed by atoms with Gasteiger partial charge in [-0.05, 0) is 69.2 Å². The van der Waals surface area contributed by atoms with Crippen LogP contribution in [0.15, 0.2) is 24.3 Å². The predicted molar refractivity (Wildman–Crippen MR) is 86.6 cm³/mol. The molecule has 0 amide bonds. The minimum absolute atomic E-state index is 0.0829. The molecule has 1 aliphatic carbocycles. The molecule has 0 aromatic heterocycles. The van der Waals surface area contributed by atoms with Crippen molar-refractivity contribution in [2.24, 2.45) is 11.8 Å². The molecule has 0 bridgehead atoms. The summed E-state index contributed by atoms with van der Waals surface area (Å²) in [5.41, 5.74) is 1.70. The van der Waals surface area contributed by atoms with Crippen LogP contribution >= 0.6 is 0 Å². The Hall–Kier alpha value is -1.51. The minimum atomic E-state index is -0.253. The van der Waals surface area contributed by atoms with Crippen LogP contribution in [-0.4, -0.2) is 18.1 Å². The first kappa shape index (κ1) is 15.9. The molecule has 0 heterocycles. The molecule has 0 radical (unpaired) electrons. The quantitative estimate of drug-likeness (QED) is 0.830. The zero-order chi connectivity index (χ0) is 15.4. The molecule has 0 spiro atoms. The van der Waals surface area contributed by atoms with Gasteiger partial charge in [-0.15, -0.1) is 0 Å². The second kappa shape index (κ2) is 6.97. The summed E-state index contributed by atoms with van der Waals surface area (Å²) in [6, 6.07) is 8.16. The van der Waals surface area contributed by atoms with E-state index in [1.807, 2.05) is 38.1 Å². The van der Waals surface area contributed by atoms with Gasteiger partial charge in [0.15, 0.2) is 0 Å². The highest BCUT2D eigenvalue weighted by molar-refractivity contribution is 5.89. The Kier molecular flexibility index (Phi) is 5.27. The fraction of sp³-hybridized carbons (Fsp3) is 0.611. The van der Waals surface area contributed by atoms with Gasteiger partial charge in [0.2, 0.25) is 0 Å². The summed E-state index contributed by atoms with van der Waals surface area (Å²) < 4.78 is 5.19. The monoisotopic (exact) mass is 289 g/mol. The largest absolute Gasteiger partial charge is 0.459 e. The molecule has 1 fully saturated rings. The van der Waals surface area contributed by atoms with E-state index < -0.39 is 0 Å². The van der Waals surface area contributed by atoms with Crippen molar-refractivity contribution in [1.29, 1.82) is 0 Å². The summed E-state index contributed by atoms with van der Waals surface area (Å²) in [6.07, 6.45) is 3.70. The lowest BCUT2D eigenvalue weighted by atomic mass is 9.80. The molecule has 1 aliphatic rings. The van der Waals surface area contributed by atoms with E-state index in [1.165, 1.54) is 19.3 Å². The summed E-state index contributed by atoms with van der Waals surface area (Å²) in [6.45, 7) is 8.38. The van der Waals surface area contributed by atoms with E-state index in [4.69, 9.17) is 4.74 Å². The number of ether oxygens (including phenoxy) is 1. The number of hydrogen-bond donors (Lipinski definition) is 1. The van der Waals surface area contributed by atoms with E-state index in [9.17, 15) is 4.79 Å². The summed E-state index contributed by atoms with van der Waals surface area (Å²) in [5.74, 6) is 1.31. The van der Waals surface area contributed by atoms with Crippen LogP contribution in [0.4, 0.5) is 5.69 Å². The first-order chi connectivity index (χ1) is 9.94. The highest BCUT2D eigenvalue weighted by Gasteiger charge is 2.23. The average Bonchev–Trinajstić information content (AvgIpc) is 2.37. The van der Waals surface area contributed by atoms with Crippen LogP contribution in [-0.2, 0) is 4.74 Å². The predicted octanol–water partition coefficient (Wildman–Crippen LogP) is 4.49. The molecule has 1 saturated carbocycles. The van der Waals surface area contributed by atoms with Crippen molar-refractivity contribution in [3.05, 3.63) is 29.8 Å². The van der Waals surface area contributed by atoms with Crippen LogP contribution < -0.4 is 5.32 Å². The molecule has 3 nitrogen and oxygen atoms in total. The number of rotatable bonds is 4. The van der Waals surface area contributed by atoms with E-state index in [0.29, 0.717) is 11.6 Å². The maximum Gasteiger partial charge on any atom is 0.338 e. The van der Waals surface area contributed by atoms with Gasteiger partial charge in [0, 0.05) is 11.7 Å². The Morgan fingerprint density at radius 3 is 2.19 bits per heavy atom. The molecule has 1 N–H and O–H groups in total. The van der Waals surface area contributed by atoms with Crippen molar-refractivity contribution in [2.75, 3.05) is 5.32 Å². The summed E-state index contributed by atoms with van der Waals surface area (Å²) in [7, 11) is 0. The van der Waals surface area contributed by atoms with E-state index in [2.05, 4.69) is 19.2 Å². The molecule has 116 valence electrons. The summed E-state index contributed by atoms with van der Waals surface area (Å²) >= 11 is 0. The second-order valence-corrected chi connectivity index (χ2v) is 6.79. The summed E-state index contributed by atoms with van der Waals surface area (Å²) in [5, 5.41) is 3.60. The van der Waals surface area contributed by atoms with Crippen molar-refractivity contribution in [3.63, 3.8) is 0 Å². The Morgan fingerprint density at radius 1 is 1.10 bits per heavy atom. The van der Waals surface area contributed by atoms with Gasteiger partial charge < -0.3 is 10.1 Å². The number of benzene rings is 1. The normalized spacial score (nSPS) is 25.7. The molecule has 1 aromatic carbocycles. The molecule has 2 unspecified atom stereocenters. The van der Waals surface area contributed by atoms with Crippen molar-refractivity contribution in [3.8, 4) is 0 Å². The molecule has 2 rings (SSSR count). The van der Waals surface area contributed by atoms with Crippen molar-refractivity contribution in [2.45, 2.75) is 59.1 Å². The molecule has 1 aromatic rings. The molecule has 0 saturated heterocycles.